The minimum atomic E-state index is 0.358. The smallest absolute Gasteiger partial charge is 0.122 e. The van der Waals surface area contributed by atoms with Crippen molar-refractivity contribution in [2.75, 3.05) is 7.11 Å². The second kappa shape index (κ2) is 8.12. The zero-order valence-electron chi connectivity index (χ0n) is 19.2. The van der Waals surface area contributed by atoms with Gasteiger partial charge in [-0.1, -0.05) is 41.9 Å². The van der Waals surface area contributed by atoms with Crippen LogP contribution >= 0.6 is 11.6 Å². The van der Waals surface area contributed by atoms with Gasteiger partial charge in [0, 0.05) is 17.1 Å². The SMILES string of the molecule is COc1ccccc1C[C@@H](C)N[C@H](C)C12C[C@@H]3C[C@@H](CC(c4ccc(Cl)cc4)(C3)C1)C2. The lowest BCUT2D eigenvalue weighted by Gasteiger charge is -2.64. The second-order valence-electron chi connectivity index (χ2n) is 10.9. The fraction of sp³-hybridized carbons (Fsp3) is 0.571. The molecule has 2 nitrogen and oxygen atoms in total. The second-order valence-corrected chi connectivity index (χ2v) is 11.4. The zero-order valence-corrected chi connectivity index (χ0v) is 19.9. The maximum atomic E-state index is 6.22. The average molecular weight is 438 g/mol. The van der Waals surface area contributed by atoms with Gasteiger partial charge in [0.25, 0.3) is 0 Å². The number of methoxy groups -OCH3 is 1. The first-order chi connectivity index (χ1) is 14.9. The Labute approximate surface area is 192 Å². The number of para-hydroxylation sites is 1. The van der Waals surface area contributed by atoms with Crippen molar-refractivity contribution in [2.45, 2.75) is 76.3 Å². The first-order valence-electron chi connectivity index (χ1n) is 12.1. The van der Waals surface area contributed by atoms with E-state index < -0.39 is 0 Å². The molecule has 0 spiro atoms. The lowest BCUT2D eigenvalue weighted by Crippen LogP contribution is -2.60. The number of hydrogen-bond acceptors (Lipinski definition) is 2. The van der Waals surface area contributed by atoms with Gasteiger partial charge in [-0.15, -0.1) is 0 Å². The van der Waals surface area contributed by atoms with E-state index in [0.29, 0.717) is 22.9 Å². The van der Waals surface area contributed by atoms with E-state index in [1.54, 1.807) is 7.11 Å². The highest BCUT2D eigenvalue weighted by molar-refractivity contribution is 6.30. The molecular formula is C28H36ClNO. The Balaban J connectivity index is 1.35. The Kier molecular flexibility index (Phi) is 5.59. The number of ether oxygens (including phenoxy) is 1. The van der Waals surface area contributed by atoms with Crippen molar-refractivity contribution < 1.29 is 4.74 Å². The van der Waals surface area contributed by atoms with E-state index in [1.165, 1.54) is 49.7 Å². The van der Waals surface area contributed by atoms with E-state index in [2.05, 4.69) is 67.7 Å². The van der Waals surface area contributed by atoms with Gasteiger partial charge in [-0.25, -0.2) is 0 Å². The van der Waals surface area contributed by atoms with Gasteiger partial charge in [-0.3, -0.25) is 0 Å². The molecular weight excluding hydrogens is 402 g/mol. The van der Waals surface area contributed by atoms with Crippen molar-refractivity contribution in [3.8, 4) is 5.75 Å². The molecule has 0 aliphatic heterocycles. The summed E-state index contributed by atoms with van der Waals surface area (Å²) in [7, 11) is 1.77. The Morgan fingerprint density at radius 2 is 1.68 bits per heavy atom. The molecule has 0 amide bonds. The largest absolute Gasteiger partial charge is 0.496 e. The lowest BCUT2D eigenvalue weighted by atomic mass is 9.41. The monoisotopic (exact) mass is 437 g/mol. The highest BCUT2D eigenvalue weighted by Gasteiger charge is 2.59. The Bertz CT molecular complexity index is 909. The molecule has 2 aromatic rings. The number of halogens is 1. The van der Waals surface area contributed by atoms with Crippen LogP contribution < -0.4 is 10.1 Å². The standard InChI is InChI=1S/C28H36ClNO/c1-19(12-23-6-4-5-7-26(23)31-3)30-20(2)27-14-21-13-22(15-27)17-28(16-21,18-27)24-8-10-25(29)11-9-24/h4-11,19-22,30H,12-18H2,1-3H3/t19-,20-,21-,22+,27?,28?/m1/s1. The number of rotatable bonds is 7. The third kappa shape index (κ3) is 3.91. The third-order valence-corrected chi connectivity index (χ3v) is 8.99. The molecule has 6 atom stereocenters. The molecule has 4 fully saturated rings. The molecule has 0 saturated heterocycles. The third-order valence-electron chi connectivity index (χ3n) is 8.73. The van der Waals surface area contributed by atoms with Crippen molar-refractivity contribution in [1.82, 2.24) is 5.32 Å². The van der Waals surface area contributed by atoms with Crippen molar-refractivity contribution in [3.05, 3.63) is 64.7 Å². The summed E-state index contributed by atoms with van der Waals surface area (Å²) in [4.78, 5) is 0. The van der Waals surface area contributed by atoms with E-state index in [1.807, 2.05) is 0 Å². The highest BCUT2D eigenvalue weighted by atomic mass is 35.5. The molecule has 4 aliphatic carbocycles. The average Bonchev–Trinajstić information content (AvgIpc) is 2.73. The molecule has 31 heavy (non-hydrogen) atoms. The van der Waals surface area contributed by atoms with E-state index in [4.69, 9.17) is 16.3 Å². The molecule has 0 heterocycles. The van der Waals surface area contributed by atoms with Gasteiger partial charge in [0.2, 0.25) is 0 Å². The van der Waals surface area contributed by atoms with Crippen molar-refractivity contribution in [2.24, 2.45) is 17.3 Å². The van der Waals surface area contributed by atoms with Crippen LogP contribution in [0.5, 0.6) is 5.75 Å². The maximum absolute atomic E-state index is 6.22. The van der Waals surface area contributed by atoms with Gasteiger partial charge in [0.05, 0.1) is 7.11 Å². The molecule has 2 aromatic carbocycles. The zero-order chi connectivity index (χ0) is 21.6. The van der Waals surface area contributed by atoms with E-state index >= 15 is 0 Å². The molecule has 4 saturated carbocycles. The van der Waals surface area contributed by atoms with Gasteiger partial charge in [0.1, 0.15) is 5.75 Å². The van der Waals surface area contributed by atoms with Gasteiger partial charge in [-0.2, -0.15) is 0 Å². The lowest BCUT2D eigenvalue weighted by molar-refractivity contribution is -0.0893. The first-order valence-corrected chi connectivity index (χ1v) is 12.4. The summed E-state index contributed by atoms with van der Waals surface area (Å²) in [5, 5.41) is 4.89. The van der Waals surface area contributed by atoms with E-state index in [0.717, 1.165) is 29.0 Å². The summed E-state index contributed by atoms with van der Waals surface area (Å²) in [6, 6.07) is 18.2. The van der Waals surface area contributed by atoms with Crippen LogP contribution in [0.25, 0.3) is 0 Å². The van der Waals surface area contributed by atoms with Gasteiger partial charge in [0.15, 0.2) is 0 Å². The van der Waals surface area contributed by atoms with Crippen LogP contribution in [0.3, 0.4) is 0 Å². The fourth-order valence-electron chi connectivity index (χ4n) is 7.85. The predicted octanol–water partition coefficient (Wildman–Crippen LogP) is 6.80. The summed E-state index contributed by atoms with van der Waals surface area (Å²) < 4.78 is 5.58. The highest BCUT2D eigenvalue weighted by Crippen LogP contribution is 2.66. The maximum Gasteiger partial charge on any atom is 0.122 e. The van der Waals surface area contributed by atoms with Crippen molar-refractivity contribution >= 4 is 11.6 Å². The molecule has 0 radical (unpaired) electrons. The van der Waals surface area contributed by atoms with Gasteiger partial charge in [-0.05, 0) is 111 Å². The van der Waals surface area contributed by atoms with Crippen LogP contribution in [0.2, 0.25) is 5.02 Å². The van der Waals surface area contributed by atoms with Crippen LogP contribution in [0.4, 0.5) is 0 Å². The van der Waals surface area contributed by atoms with Crippen molar-refractivity contribution in [3.63, 3.8) is 0 Å². The number of nitrogens with one attached hydrogen (secondary N) is 1. The Morgan fingerprint density at radius 1 is 1.00 bits per heavy atom. The number of hydrogen-bond donors (Lipinski definition) is 1. The summed E-state index contributed by atoms with van der Waals surface area (Å²) in [5.41, 5.74) is 3.60. The Hall–Kier alpha value is -1.51. The molecule has 3 heteroatoms. The molecule has 2 unspecified atom stereocenters. The molecule has 166 valence electrons. The molecule has 6 rings (SSSR count). The summed E-state index contributed by atoms with van der Waals surface area (Å²) in [6.07, 6.45) is 9.31. The number of benzene rings is 2. The summed E-state index contributed by atoms with van der Waals surface area (Å²) >= 11 is 6.22. The molecule has 1 N–H and O–H groups in total. The van der Waals surface area contributed by atoms with Crippen molar-refractivity contribution in [1.29, 1.82) is 0 Å². The van der Waals surface area contributed by atoms with Crippen LogP contribution in [0.15, 0.2) is 48.5 Å². The Morgan fingerprint density at radius 3 is 2.35 bits per heavy atom. The summed E-state index contributed by atoms with van der Waals surface area (Å²) in [5.74, 6) is 2.76. The van der Waals surface area contributed by atoms with Crippen LogP contribution in [0, 0.1) is 17.3 Å². The van der Waals surface area contributed by atoms with E-state index in [-0.39, 0.29) is 0 Å². The first kappa shape index (κ1) is 21.3. The van der Waals surface area contributed by atoms with Crippen LogP contribution in [-0.2, 0) is 11.8 Å². The molecule has 4 bridgehead atoms. The van der Waals surface area contributed by atoms with Gasteiger partial charge >= 0.3 is 0 Å². The quantitative estimate of drug-likeness (QED) is 0.514. The topological polar surface area (TPSA) is 21.3 Å². The van der Waals surface area contributed by atoms with Crippen LogP contribution in [0.1, 0.15) is 63.5 Å². The molecule has 0 aromatic heterocycles. The minimum Gasteiger partial charge on any atom is -0.496 e. The molecule has 4 aliphatic rings. The summed E-state index contributed by atoms with van der Waals surface area (Å²) in [6.45, 7) is 4.79. The predicted molar refractivity (Wildman–Crippen MR) is 129 cm³/mol. The van der Waals surface area contributed by atoms with Crippen LogP contribution in [-0.4, -0.2) is 19.2 Å². The fourth-order valence-corrected chi connectivity index (χ4v) is 7.97. The van der Waals surface area contributed by atoms with E-state index in [9.17, 15) is 0 Å². The minimum absolute atomic E-state index is 0.358. The van der Waals surface area contributed by atoms with Gasteiger partial charge < -0.3 is 10.1 Å². The normalized spacial score (nSPS) is 33.3.